The van der Waals surface area contributed by atoms with Crippen molar-refractivity contribution in [2.45, 2.75) is 38.8 Å². The Hall–Kier alpha value is -4.84. The summed E-state index contributed by atoms with van der Waals surface area (Å²) in [6, 6.07) is 2.72. The third-order valence-electron chi connectivity index (χ3n) is 7.61. The Kier molecular flexibility index (Phi) is 12.8. The molecule has 0 saturated carbocycles. The quantitative estimate of drug-likeness (QED) is 0.172. The number of anilines is 2. The number of carbonyl (C=O) groups excluding carboxylic acids is 3. The molecule has 2 heterocycles. The number of benzene rings is 2. The number of carbonyl (C=O) groups is 3. The van der Waals surface area contributed by atoms with Gasteiger partial charge in [0.1, 0.15) is 35.4 Å². The molecule has 2 atom stereocenters. The van der Waals surface area contributed by atoms with Crippen molar-refractivity contribution in [3.63, 3.8) is 0 Å². The Morgan fingerprint density at radius 1 is 0.692 bits per heavy atom. The van der Waals surface area contributed by atoms with Gasteiger partial charge in [0.2, 0.25) is 11.8 Å². The first-order valence-electron chi connectivity index (χ1n) is 15.1. The summed E-state index contributed by atoms with van der Waals surface area (Å²) in [6.07, 6.45) is 1.51. The Bertz CT molecular complexity index is 2090. The number of aromatic nitrogens is 2. The first-order chi connectivity index (χ1) is 24.3. The SMILES string of the molecule is Cc1ncc(N(C)C(=O)[C@H](Cc2cc(F)cc(F)c2)NC(=O)NS(=O)(=O)N[C@@H](Cc2cc(F)cc(F)c2)C(=O)N(C)c2cnc(C)c(Cl)c2)cc1Cl. The fourth-order valence-electron chi connectivity index (χ4n) is 4.92. The largest absolute Gasteiger partial charge is 0.330 e. The van der Waals surface area contributed by atoms with E-state index in [9.17, 15) is 40.4 Å². The molecule has 0 aliphatic heterocycles. The monoisotopic (exact) mass is 783 g/mol. The minimum Gasteiger partial charge on any atom is -0.325 e. The van der Waals surface area contributed by atoms with Crippen LogP contribution in [0.4, 0.5) is 33.7 Å². The third kappa shape index (κ3) is 10.6. The molecule has 2 aromatic carbocycles. The van der Waals surface area contributed by atoms with E-state index in [2.05, 4.69) is 15.3 Å². The lowest BCUT2D eigenvalue weighted by molar-refractivity contribution is -0.120. The fraction of sp³-hybridized carbons (Fsp3) is 0.242. The van der Waals surface area contributed by atoms with Crippen molar-refractivity contribution in [3.8, 4) is 0 Å². The number of amides is 4. The molecule has 0 unspecified atom stereocenters. The standard InChI is InChI=1S/C33H31Cl2F4N7O5S/c1-17-27(34)13-25(15-40-17)45(3)31(47)29(9-19-5-21(36)11-22(37)6-19)42-33(49)44-52(50,51)43-30(10-20-7-23(38)12-24(39)8-20)32(48)46(4)26-14-28(35)18(2)41-16-26/h5-8,11-16,29-30,43H,9-10H2,1-4H3,(H2,42,44,49)/t29-,30-/m0/s1. The smallest absolute Gasteiger partial charge is 0.325 e. The molecule has 0 spiro atoms. The number of likely N-dealkylation sites (N-methyl/N-ethyl adjacent to an activating group) is 2. The summed E-state index contributed by atoms with van der Waals surface area (Å²) >= 11 is 12.3. The number of hydrogen-bond donors (Lipinski definition) is 3. The van der Waals surface area contributed by atoms with E-state index in [1.807, 2.05) is 4.72 Å². The van der Waals surface area contributed by atoms with Crippen molar-refractivity contribution >= 4 is 62.6 Å². The van der Waals surface area contributed by atoms with E-state index in [0.29, 0.717) is 23.5 Å². The number of aryl methyl sites for hydroxylation is 2. The Labute approximate surface area is 306 Å². The Morgan fingerprint density at radius 2 is 1.08 bits per heavy atom. The van der Waals surface area contributed by atoms with E-state index in [4.69, 9.17) is 23.2 Å². The first-order valence-corrected chi connectivity index (χ1v) is 17.4. The van der Waals surface area contributed by atoms with Gasteiger partial charge in [-0.05, 0) is 67.8 Å². The second kappa shape index (κ2) is 16.7. The zero-order valence-corrected chi connectivity index (χ0v) is 30.2. The van der Waals surface area contributed by atoms with Crippen LogP contribution in [0.25, 0.3) is 0 Å². The second-order valence-electron chi connectivity index (χ2n) is 11.6. The fourth-order valence-corrected chi connectivity index (χ4v) is 6.16. The normalized spacial score (nSPS) is 12.5. The van der Waals surface area contributed by atoms with E-state index < -0.39 is 76.2 Å². The number of pyridine rings is 2. The molecule has 4 rings (SSSR count). The minimum absolute atomic E-state index is 0.0627. The van der Waals surface area contributed by atoms with Gasteiger partial charge in [0.05, 0.1) is 45.2 Å². The Balaban J connectivity index is 1.60. The van der Waals surface area contributed by atoms with Gasteiger partial charge in [0.15, 0.2) is 0 Å². The van der Waals surface area contributed by atoms with Gasteiger partial charge in [-0.1, -0.05) is 23.2 Å². The van der Waals surface area contributed by atoms with Crippen molar-refractivity contribution in [1.82, 2.24) is 24.7 Å². The highest BCUT2D eigenvalue weighted by Gasteiger charge is 2.32. The number of urea groups is 1. The molecule has 276 valence electrons. The van der Waals surface area contributed by atoms with E-state index in [0.717, 1.165) is 34.1 Å². The molecule has 0 fully saturated rings. The van der Waals surface area contributed by atoms with Crippen molar-refractivity contribution in [3.05, 3.63) is 117 Å². The van der Waals surface area contributed by atoms with E-state index in [-0.39, 0.29) is 32.5 Å². The molecular formula is C33H31Cl2F4N7O5S. The number of nitrogens with zero attached hydrogens (tertiary/aromatic N) is 4. The van der Waals surface area contributed by atoms with E-state index in [1.165, 1.54) is 38.6 Å². The van der Waals surface area contributed by atoms with Gasteiger partial charge in [-0.2, -0.15) is 13.1 Å². The van der Waals surface area contributed by atoms with Crippen LogP contribution in [0.2, 0.25) is 10.0 Å². The van der Waals surface area contributed by atoms with Gasteiger partial charge < -0.3 is 15.1 Å². The van der Waals surface area contributed by atoms with Crippen LogP contribution < -0.4 is 24.6 Å². The summed E-state index contributed by atoms with van der Waals surface area (Å²) in [5.74, 6) is -5.73. The number of halogens is 6. The maximum Gasteiger partial charge on any atom is 0.330 e. The van der Waals surface area contributed by atoms with Crippen LogP contribution in [-0.2, 0) is 32.6 Å². The molecule has 12 nitrogen and oxygen atoms in total. The third-order valence-corrected chi connectivity index (χ3v) is 9.42. The van der Waals surface area contributed by atoms with Gasteiger partial charge in [-0.3, -0.25) is 19.6 Å². The molecule has 19 heteroatoms. The molecule has 2 aromatic heterocycles. The zero-order chi connectivity index (χ0) is 38.5. The van der Waals surface area contributed by atoms with Crippen LogP contribution in [0.3, 0.4) is 0 Å². The molecule has 0 saturated heterocycles. The molecule has 4 amide bonds. The molecule has 0 radical (unpaired) electrons. The van der Waals surface area contributed by atoms with E-state index >= 15 is 0 Å². The van der Waals surface area contributed by atoms with Crippen LogP contribution in [0.5, 0.6) is 0 Å². The lowest BCUT2D eigenvalue weighted by Crippen LogP contribution is -2.57. The van der Waals surface area contributed by atoms with Crippen molar-refractivity contribution < 1.29 is 40.4 Å². The van der Waals surface area contributed by atoms with E-state index in [1.54, 1.807) is 18.6 Å². The topological polar surface area (TPSA) is 154 Å². The van der Waals surface area contributed by atoms with Crippen LogP contribution in [0, 0.1) is 37.1 Å². The van der Waals surface area contributed by atoms with Gasteiger partial charge in [0, 0.05) is 32.6 Å². The highest BCUT2D eigenvalue weighted by Crippen LogP contribution is 2.23. The summed E-state index contributed by atoms with van der Waals surface area (Å²) < 4.78 is 86.4. The highest BCUT2D eigenvalue weighted by molar-refractivity contribution is 7.88. The van der Waals surface area contributed by atoms with Gasteiger partial charge in [-0.25, -0.2) is 27.1 Å². The van der Waals surface area contributed by atoms with Crippen molar-refractivity contribution in [1.29, 1.82) is 0 Å². The maximum atomic E-state index is 14.0. The average molecular weight is 785 g/mol. The summed E-state index contributed by atoms with van der Waals surface area (Å²) in [4.78, 5) is 50.6. The first kappa shape index (κ1) is 39.9. The van der Waals surface area contributed by atoms with Crippen molar-refractivity contribution in [2.24, 2.45) is 0 Å². The summed E-state index contributed by atoms with van der Waals surface area (Å²) in [6.45, 7) is 3.24. The van der Waals surface area contributed by atoms with Crippen LogP contribution in [0.1, 0.15) is 22.5 Å². The lowest BCUT2D eigenvalue weighted by Gasteiger charge is -2.26. The van der Waals surface area contributed by atoms with Crippen LogP contribution in [0.15, 0.2) is 60.9 Å². The van der Waals surface area contributed by atoms with Gasteiger partial charge in [-0.15, -0.1) is 0 Å². The molecule has 0 aliphatic rings. The van der Waals surface area contributed by atoms with Gasteiger partial charge >= 0.3 is 16.2 Å². The number of rotatable bonds is 12. The highest BCUT2D eigenvalue weighted by atomic mass is 35.5. The molecule has 0 aliphatic carbocycles. The lowest BCUT2D eigenvalue weighted by atomic mass is 10.0. The molecular weight excluding hydrogens is 753 g/mol. The second-order valence-corrected chi connectivity index (χ2v) is 13.8. The number of hydrogen-bond acceptors (Lipinski definition) is 7. The average Bonchev–Trinajstić information content (AvgIpc) is 3.04. The molecule has 4 aromatic rings. The summed E-state index contributed by atoms with van der Waals surface area (Å²) in [5, 5.41) is 2.59. The zero-order valence-electron chi connectivity index (χ0n) is 27.8. The van der Waals surface area contributed by atoms with Gasteiger partial charge in [0.25, 0.3) is 0 Å². The predicted octanol–water partition coefficient (Wildman–Crippen LogP) is 4.94. The minimum atomic E-state index is -5.00. The molecule has 52 heavy (non-hydrogen) atoms. The molecule has 0 bridgehead atoms. The predicted molar refractivity (Wildman–Crippen MR) is 186 cm³/mol. The summed E-state index contributed by atoms with van der Waals surface area (Å²) in [7, 11) is -2.42. The number of nitrogens with one attached hydrogen (secondary N) is 3. The van der Waals surface area contributed by atoms with Crippen LogP contribution in [-0.4, -0.2) is 62.4 Å². The Morgan fingerprint density at radius 3 is 1.48 bits per heavy atom. The van der Waals surface area contributed by atoms with Crippen molar-refractivity contribution in [2.75, 3.05) is 23.9 Å². The maximum absolute atomic E-state index is 14.0. The van der Waals surface area contributed by atoms with Crippen LogP contribution >= 0.6 is 23.2 Å². The molecule has 3 N–H and O–H groups in total. The summed E-state index contributed by atoms with van der Waals surface area (Å²) in [5.41, 5.74) is 1.05.